The third-order valence-corrected chi connectivity index (χ3v) is 5.65. The summed E-state index contributed by atoms with van der Waals surface area (Å²) in [4.78, 5) is 35.4. The normalized spacial score (nSPS) is 14.5. The molecular formula is C27H30O8. The Hall–Kier alpha value is -3.81. The molecule has 0 spiro atoms. The number of cyclic esters (lactones) is 2. The molecule has 1 aliphatic rings. The maximum absolute atomic E-state index is 12.4. The zero-order chi connectivity index (χ0) is 25.6. The number of ether oxygens (including phenoxy) is 5. The van der Waals surface area contributed by atoms with Crippen molar-refractivity contribution in [2.75, 3.05) is 19.8 Å². The van der Waals surface area contributed by atoms with E-state index in [1.54, 1.807) is 57.2 Å². The van der Waals surface area contributed by atoms with Gasteiger partial charge in [-0.25, -0.2) is 9.59 Å². The van der Waals surface area contributed by atoms with Crippen molar-refractivity contribution in [1.82, 2.24) is 0 Å². The topological polar surface area (TPSA) is 97.4 Å². The van der Waals surface area contributed by atoms with E-state index in [0.29, 0.717) is 23.5 Å². The third kappa shape index (κ3) is 6.62. The van der Waals surface area contributed by atoms with Gasteiger partial charge in [0.1, 0.15) is 25.6 Å². The smallest absolute Gasteiger partial charge is 0.489 e. The van der Waals surface area contributed by atoms with Gasteiger partial charge in [0, 0.05) is 5.57 Å². The molecule has 1 aliphatic heterocycles. The first kappa shape index (κ1) is 25.8. The summed E-state index contributed by atoms with van der Waals surface area (Å²) in [6.07, 6.45) is -0.0210. The van der Waals surface area contributed by atoms with Crippen LogP contribution in [0.25, 0.3) is 11.1 Å². The van der Waals surface area contributed by atoms with Crippen LogP contribution in [-0.4, -0.2) is 37.9 Å². The third-order valence-electron chi connectivity index (χ3n) is 5.65. The molecular weight excluding hydrogens is 452 g/mol. The van der Waals surface area contributed by atoms with Crippen LogP contribution < -0.4 is 14.2 Å². The Morgan fingerprint density at radius 1 is 1.00 bits per heavy atom. The Morgan fingerprint density at radius 2 is 1.63 bits per heavy atom. The SMILES string of the molecule is C=C(C)C(=O)Oc1ccc(-c2ccc(OCC3(CC)COC(=O)OC3)c(OC(=O)C(C)C)c2)cc1. The standard InChI is InChI=1S/C27H30O8/c1-6-27(15-32-26(30)33-16-27)14-31-22-12-9-20(13-23(22)35-25(29)18(4)5)19-7-10-21(11-8-19)34-24(28)17(2)3/h7-13,18H,2,6,14-16H2,1,3-5H3. The molecule has 0 bridgehead atoms. The van der Waals surface area contributed by atoms with Gasteiger partial charge in [0.15, 0.2) is 11.5 Å². The molecule has 186 valence electrons. The lowest BCUT2D eigenvalue weighted by Gasteiger charge is -2.34. The minimum absolute atomic E-state index is 0.184. The second kappa shape index (κ2) is 11.1. The summed E-state index contributed by atoms with van der Waals surface area (Å²) in [5.74, 6) is -0.159. The van der Waals surface area contributed by atoms with Crippen molar-refractivity contribution in [3.8, 4) is 28.4 Å². The van der Waals surface area contributed by atoms with E-state index in [0.717, 1.165) is 11.1 Å². The van der Waals surface area contributed by atoms with Crippen LogP contribution in [0, 0.1) is 11.3 Å². The van der Waals surface area contributed by atoms with E-state index in [9.17, 15) is 14.4 Å². The summed E-state index contributed by atoms with van der Waals surface area (Å²) < 4.78 is 27.0. The molecule has 0 aromatic heterocycles. The highest BCUT2D eigenvalue weighted by Crippen LogP contribution is 2.36. The molecule has 2 aromatic rings. The van der Waals surface area contributed by atoms with Gasteiger partial charge in [-0.2, -0.15) is 0 Å². The Balaban J connectivity index is 1.83. The highest BCUT2D eigenvalue weighted by atomic mass is 16.7. The molecule has 0 amide bonds. The zero-order valence-corrected chi connectivity index (χ0v) is 20.4. The molecule has 35 heavy (non-hydrogen) atoms. The van der Waals surface area contributed by atoms with Gasteiger partial charge < -0.3 is 23.7 Å². The van der Waals surface area contributed by atoms with Crippen molar-refractivity contribution in [3.63, 3.8) is 0 Å². The Morgan fingerprint density at radius 3 is 2.20 bits per heavy atom. The minimum Gasteiger partial charge on any atom is -0.489 e. The largest absolute Gasteiger partial charge is 0.508 e. The highest BCUT2D eigenvalue weighted by molar-refractivity contribution is 5.88. The number of carbonyl (C=O) groups excluding carboxylic acids is 3. The summed E-state index contributed by atoms with van der Waals surface area (Å²) in [7, 11) is 0. The molecule has 2 aromatic carbocycles. The maximum atomic E-state index is 12.4. The zero-order valence-electron chi connectivity index (χ0n) is 20.4. The number of hydrogen-bond donors (Lipinski definition) is 0. The van der Waals surface area contributed by atoms with Crippen molar-refractivity contribution in [3.05, 3.63) is 54.6 Å². The number of rotatable bonds is 9. The Bertz CT molecular complexity index is 1090. The molecule has 1 saturated heterocycles. The molecule has 0 radical (unpaired) electrons. The van der Waals surface area contributed by atoms with Gasteiger partial charge in [0.2, 0.25) is 0 Å². The van der Waals surface area contributed by atoms with E-state index >= 15 is 0 Å². The van der Waals surface area contributed by atoms with E-state index in [2.05, 4.69) is 6.58 Å². The average molecular weight is 483 g/mol. The first-order chi connectivity index (χ1) is 16.6. The molecule has 3 rings (SSSR count). The monoisotopic (exact) mass is 482 g/mol. The van der Waals surface area contributed by atoms with Gasteiger partial charge in [-0.1, -0.05) is 45.5 Å². The number of carbonyl (C=O) groups is 3. The molecule has 0 saturated carbocycles. The fourth-order valence-corrected chi connectivity index (χ4v) is 3.15. The van der Waals surface area contributed by atoms with Crippen LogP contribution in [0.5, 0.6) is 17.2 Å². The summed E-state index contributed by atoms with van der Waals surface area (Å²) in [5, 5.41) is 0. The lowest BCUT2D eigenvalue weighted by atomic mass is 9.87. The molecule has 8 heteroatoms. The van der Waals surface area contributed by atoms with E-state index in [1.165, 1.54) is 0 Å². The lowest BCUT2D eigenvalue weighted by Crippen LogP contribution is -2.43. The van der Waals surface area contributed by atoms with E-state index in [1.807, 2.05) is 13.0 Å². The van der Waals surface area contributed by atoms with Crippen molar-refractivity contribution < 1.29 is 38.1 Å². The number of esters is 2. The molecule has 0 N–H and O–H groups in total. The van der Waals surface area contributed by atoms with Crippen molar-refractivity contribution in [2.45, 2.75) is 34.1 Å². The van der Waals surface area contributed by atoms with Gasteiger partial charge in [-0.3, -0.25) is 4.79 Å². The van der Waals surface area contributed by atoms with Crippen LogP contribution in [0.4, 0.5) is 4.79 Å². The van der Waals surface area contributed by atoms with Crippen LogP contribution in [0.2, 0.25) is 0 Å². The van der Waals surface area contributed by atoms with E-state index in [-0.39, 0.29) is 31.5 Å². The number of hydrogen-bond acceptors (Lipinski definition) is 8. The average Bonchev–Trinajstić information content (AvgIpc) is 2.84. The fraction of sp³-hybridized carbons (Fsp3) is 0.370. The van der Waals surface area contributed by atoms with Crippen LogP contribution >= 0.6 is 0 Å². The first-order valence-corrected chi connectivity index (χ1v) is 11.4. The van der Waals surface area contributed by atoms with Gasteiger partial charge in [0.05, 0.1) is 11.3 Å². The molecule has 8 nitrogen and oxygen atoms in total. The van der Waals surface area contributed by atoms with E-state index < -0.39 is 23.5 Å². The Labute approximate surface area is 204 Å². The molecule has 0 aliphatic carbocycles. The molecule has 0 atom stereocenters. The van der Waals surface area contributed by atoms with Gasteiger partial charge in [0.25, 0.3) is 0 Å². The molecule has 1 heterocycles. The summed E-state index contributed by atoms with van der Waals surface area (Å²) >= 11 is 0. The predicted molar refractivity (Wildman–Crippen MR) is 128 cm³/mol. The van der Waals surface area contributed by atoms with E-state index in [4.69, 9.17) is 23.7 Å². The van der Waals surface area contributed by atoms with Crippen LogP contribution in [0.1, 0.15) is 34.1 Å². The summed E-state index contributed by atoms with van der Waals surface area (Å²) in [5.41, 5.74) is 1.42. The second-order valence-electron chi connectivity index (χ2n) is 8.90. The predicted octanol–water partition coefficient (Wildman–Crippen LogP) is 5.34. The van der Waals surface area contributed by atoms with Crippen molar-refractivity contribution in [2.24, 2.45) is 11.3 Å². The molecule has 0 unspecified atom stereocenters. The Kier molecular flexibility index (Phi) is 8.17. The minimum atomic E-state index is -0.689. The highest BCUT2D eigenvalue weighted by Gasteiger charge is 2.37. The van der Waals surface area contributed by atoms with Crippen molar-refractivity contribution >= 4 is 18.1 Å². The van der Waals surface area contributed by atoms with Gasteiger partial charge in [-0.15, -0.1) is 0 Å². The van der Waals surface area contributed by atoms with Gasteiger partial charge >= 0.3 is 18.1 Å². The quantitative estimate of drug-likeness (QED) is 0.268. The van der Waals surface area contributed by atoms with Crippen LogP contribution in [0.15, 0.2) is 54.6 Å². The van der Waals surface area contributed by atoms with Crippen LogP contribution in [0.3, 0.4) is 0 Å². The summed E-state index contributed by atoms with van der Waals surface area (Å²) in [6, 6.07) is 12.2. The fourth-order valence-electron chi connectivity index (χ4n) is 3.15. The van der Waals surface area contributed by atoms with Gasteiger partial charge in [-0.05, 0) is 48.7 Å². The number of benzene rings is 2. The second-order valence-corrected chi connectivity index (χ2v) is 8.90. The van der Waals surface area contributed by atoms with Crippen LogP contribution in [-0.2, 0) is 19.1 Å². The molecule has 1 fully saturated rings. The van der Waals surface area contributed by atoms with Crippen molar-refractivity contribution in [1.29, 1.82) is 0 Å². The summed E-state index contributed by atoms with van der Waals surface area (Å²) in [6.45, 7) is 11.2. The maximum Gasteiger partial charge on any atom is 0.508 e. The lowest BCUT2D eigenvalue weighted by molar-refractivity contribution is -0.138. The first-order valence-electron chi connectivity index (χ1n) is 11.4.